The molecule has 2 aliphatic heterocycles. The molecule has 2 heterocycles. The van der Waals surface area contributed by atoms with E-state index in [0.717, 1.165) is 58.7 Å². The number of hydrogen-bond acceptors (Lipinski definition) is 4. The molecule has 0 saturated carbocycles. The summed E-state index contributed by atoms with van der Waals surface area (Å²) in [7, 11) is 0. The summed E-state index contributed by atoms with van der Waals surface area (Å²) in [6, 6.07) is 25.0. The van der Waals surface area contributed by atoms with Crippen LogP contribution in [0.3, 0.4) is 0 Å². The smallest absolute Gasteiger partial charge is 0.213 e. The molecule has 3 aromatic carbocycles. The van der Waals surface area contributed by atoms with Gasteiger partial charge in [0.2, 0.25) is 6.23 Å². The Bertz CT molecular complexity index is 1080. The summed E-state index contributed by atoms with van der Waals surface area (Å²) < 4.78 is 13.4. The minimum absolute atomic E-state index is 0.141. The average Bonchev–Trinajstić information content (AvgIpc) is 3.26. The largest absolute Gasteiger partial charge is 0.494 e. The number of benzene rings is 3. The Labute approximate surface area is 191 Å². The predicted molar refractivity (Wildman–Crippen MR) is 127 cm³/mol. The third-order valence-corrected chi connectivity index (χ3v) is 6.28. The lowest BCUT2D eigenvalue weighted by molar-refractivity contribution is -0.0191. The van der Waals surface area contributed by atoms with Gasteiger partial charge in [0.05, 0.1) is 18.4 Å². The fourth-order valence-electron chi connectivity index (χ4n) is 4.15. The lowest BCUT2D eigenvalue weighted by Gasteiger charge is -2.38. The number of hydrogen-bond donors (Lipinski definition) is 0. The summed E-state index contributed by atoms with van der Waals surface area (Å²) in [5, 5.41) is 7.14. The Kier molecular flexibility index (Phi) is 5.68. The highest BCUT2D eigenvalue weighted by atomic mass is 79.9. The first kappa shape index (κ1) is 20.1. The van der Waals surface area contributed by atoms with Gasteiger partial charge in [-0.2, -0.15) is 5.10 Å². The number of unbranched alkanes of at least 4 members (excludes halogenated alkanes) is 1. The molecule has 2 atom stereocenters. The Morgan fingerprint density at radius 2 is 1.87 bits per heavy atom. The summed E-state index contributed by atoms with van der Waals surface area (Å²) in [5.74, 6) is 1.81. The van der Waals surface area contributed by atoms with Gasteiger partial charge >= 0.3 is 0 Å². The molecule has 158 valence electrons. The second-order valence-corrected chi connectivity index (χ2v) is 8.85. The maximum absolute atomic E-state index is 6.47. The normalized spacial score (nSPS) is 19.3. The lowest BCUT2D eigenvalue weighted by Crippen LogP contribution is -2.33. The highest BCUT2D eigenvalue weighted by molar-refractivity contribution is 9.10. The number of hydrazone groups is 1. The zero-order valence-electron chi connectivity index (χ0n) is 17.5. The van der Waals surface area contributed by atoms with Crippen LogP contribution in [0.4, 0.5) is 0 Å². The topological polar surface area (TPSA) is 34.1 Å². The van der Waals surface area contributed by atoms with Gasteiger partial charge in [-0.15, -0.1) is 0 Å². The third kappa shape index (κ3) is 4.07. The van der Waals surface area contributed by atoms with E-state index in [4.69, 9.17) is 14.6 Å². The van der Waals surface area contributed by atoms with Crippen LogP contribution in [0.25, 0.3) is 0 Å². The minimum atomic E-state index is -0.274. The molecule has 0 aliphatic carbocycles. The van der Waals surface area contributed by atoms with Gasteiger partial charge < -0.3 is 9.47 Å². The molecule has 3 aromatic rings. The molecule has 0 saturated heterocycles. The van der Waals surface area contributed by atoms with Crippen molar-refractivity contribution in [3.63, 3.8) is 0 Å². The molecule has 5 heteroatoms. The van der Waals surface area contributed by atoms with E-state index in [1.807, 2.05) is 30.3 Å². The molecule has 0 spiro atoms. The van der Waals surface area contributed by atoms with Crippen molar-refractivity contribution in [1.82, 2.24) is 5.01 Å². The van der Waals surface area contributed by atoms with E-state index in [2.05, 4.69) is 70.3 Å². The maximum Gasteiger partial charge on any atom is 0.213 e. The van der Waals surface area contributed by atoms with Gasteiger partial charge in [-0.1, -0.05) is 59.6 Å². The molecule has 0 amide bonds. The zero-order chi connectivity index (χ0) is 21.2. The number of ether oxygens (including phenoxy) is 2. The number of nitrogens with zero attached hydrogens (tertiary/aromatic N) is 2. The van der Waals surface area contributed by atoms with Crippen LogP contribution in [0.2, 0.25) is 0 Å². The van der Waals surface area contributed by atoms with Crippen molar-refractivity contribution in [3.8, 4) is 11.5 Å². The van der Waals surface area contributed by atoms with Crippen LogP contribution >= 0.6 is 15.9 Å². The van der Waals surface area contributed by atoms with Crippen molar-refractivity contribution < 1.29 is 9.47 Å². The maximum atomic E-state index is 6.47. The molecule has 0 bridgehead atoms. The number of halogens is 1. The average molecular weight is 477 g/mol. The second-order valence-electron chi connectivity index (χ2n) is 7.94. The molecule has 0 aromatic heterocycles. The van der Waals surface area contributed by atoms with Gasteiger partial charge in [0.15, 0.2) is 0 Å². The van der Waals surface area contributed by atoms with Gasteiger partial charge in [-0.3, -0.25) is 0 Å². The van der Waals surface area contributed by atoms with Gasteiger partial charge in [0.1, 0.15) is 11.5 Å². The van der Waals surface area contributed by atoms with E-state index in [1.54, 1.807) is 0 Å². The van der Waals surface area contributed by atoms with Crippen molar-refractivity contribution in [2.45, 2.75) is 38.5 Å². The summed E-state index contributed by atoms with van der Waals surface area (Å²) in [6.07, 6.45) is 2.77. The first-order valence-corrected chi connectivity index (χ1v) is 11.6. The van der Waals surface area contributed by atoms with Gasteiger partial charge in [-0.25, -0.2) is 5.01 Å². The summed E-state index contributed by atoms with van der Waals surface area (Å²) in [4.78, 5) is 0. The Balaban J connectivity index is 1.48. The summed E-state index contributed by atoms with van der Waals surface area (Å²) >= 11 is 3.62. The first-order valence-electron chi connectivity index (χ1n) is 10.8. The molecule has 0 unspecified atom stereocenters. The van der Waals surface area contributed by atoms with E-state index in [0.29, 0.717) is 0 Å². The molecule has 0 fully saturated rings. The molecule has 31 heavy (non-hydrogen) atoms. The fourth-order valence-corrected chi connectivity index (χ4v) is 4.52. The van der Waals surface area contributed by atoms with Crippen molar-refractivity contribution in [3.05, 3.63) is 94.0 Å². The Hall–Kier alpha value is -2.79. The van der Waals surface area contributed by atoms with Crippen LogP contribution < -0.4 is 9.47 Å². The highest BCUT2D eigenvalue weighted by Gasteiger charge is 2.41. The van der Waals surface area contributed by atoms with E-state index in [9.17, 15) is 0 Å². The highest BCUT2D eigenvalue weighted by Crippen LogP contribution is 2.48. The second kappa shape index (κ2) is 8.75. The van der Waals surface area contributed by atoms with Crippen LogP contribution in [0, 0.1) is 0 Å². The SMILES string of the molecule is CCCCOc1ccc([C@@H]2Oc3ccc(Br)cc3[C@H]3CC(c4ccccc4)=NN32)cc1. The number of fused-ring (bicyclic) bond motifs is 3. The molecule has 4 nitrogen and oxygen atoms in total. The van der Waals surface area contributed by atoms with Crippen molar-refractivity contribution >= 4 is 21.6 Å². The van der Waals surface area contributed by atoms with E-state index in [1.165, 1.54) is 5.56 Å². The zero-order valence-corrected chi connectivity index (χ0v) is 19.1. The fraction of sp³-hybridized carbons (Fsp3) is 0.269. The monoisotopic (exact) mass is 476 g/mol. The third-order valence-electron chi connectivity index (χ3n) is 5.79. The molecular formula is C26H25BrN2O2. The molecular weight excluding hydrogens is 452 g/mol. The lowest BCUT2D eigenvalue weighted by atomic mass is 9.96. The first-order chi connectivity index (χ1) is 15.2. The molecule has 0 N–H and O–H groups in total. The van der Waals surface area contributed by atoms with Crippen LogP contribution in [0.15, 0.2) is 82.4 Å². The predicted octanol–water partition coefficient (Wildman–Crippen LogP) is 6.87. The summed E-state index contributed by atoms with van der Waals surface area (Å²) in [6.45, 7) is 2.91. The molecule has 2 aliphatic rings. The van der Waals surface area contributed by atoms with Gasteiger partial charge in [0.25, 0.3) is 0 Å². The summed E-state index contributed by atoms with van der Waals surface area (Å²) in [5.41, 5.74) is 4.48. The standard InChI is InChI=1S/C26H25BrN2O2/c1-2-3-15-30-21-12-9-19(10-13-21)26-29-24(22-16-20(27)11-14-25(22)31-26)17-23(28-29)18-7-5-4-6-8-18/h4-14,16,24,26H,2-3,15,17H2,1H3/t24-,26+/m1/s1. The Morgan fingerprint density at radius 1 is 1.06 bits per heavy atom. The van der Waals surface area contributed by atoms with Gasteiger partial charge in [-0.05, 0) is 54.4 Å². The minimum Gasteiger partial charge on any atom is -0.494 e. The molecule has 0 radical (unpaired) electrons. The van der Waals surface area contributed by atoms with Crippen molar-refractivity contribution in [2.24, 2.45) is 5.10 Å². The van der Waals surface area contributed by atoms with Crippen LogP contribution in [0.1, 0.15) is 55.1 Å². The van der Waals surface area contributed by atoms with Gasteiger partial charge in [0, 0.05) is 22.0 Å². The van der Waals surface area contributed by atoms with Crippen LogP contribution in [0.5, 0.6) is 11.5 Å². The van der Waals surface area contributed by atoms with E-state index >= 15 is 0 Å². The van der Waals surface area contributed by atoms with Crippen molar-refractivity contribution in [1.29, 1.82) is 0 Å². The van der Waals surface area contributed by atoms with Crippen molar-refractivity contribution in [2.75, 3.05) is 6.61 Å². The van der Waals surface area contributed by atoms with Crippen LogP contribution in [-0.2, 0) is 0 Å². The molecule has 5 rings (SSSR count). The van der Waals surface area contributed by atoms with Crippen LogP contribution in [-0.4, -0.2) is 17.3 Å². The Morgan fingerprint density at radius 3 is 2.65 bits per heavy atom. The number of rotatable bonds is 6. The van der Waals surface area contributed by atoms with E-state index < -0.39 is 0 Å². The quantitative estimate of drug-likeness (QED) is 0.364. The van der Waals surface area contributed by atoms with E-state index in [-0.39, 0.29) is 12.3 Å².